The third-order valence-electron chi connectivity index (χ3n) is 3.49. The molecule has 0 unspecified atom stereocenters. The van der Waals surface area contributed by atoms with Crippen LogP contribution in [0.25, 0.3) is 0 Å². The molecule has 2 N–H and O–H groups in total. The molecule has 0 saturated heterocycles. The Balaban J connectivity index is 1.58. The summed E-state index contributed by atoms with van der Waals surface area (Å²) in [6, 6.07) is 19.1. The maximum atomic E-state index is 12.3. The third kappa shape index (κ3) is 4.39. The van der Waals surface area contributed by atoms with Gasteiger partial charge in [-0.15, -0.1) is 0 Å². The first-order valence-corrected chi connectivity index (χ1v) is 7.77. The van der Waals surface area contributed by atoms with Gasteiger partial charge < -0.3 is 10.6 Å². The van der Waals surface area contributed by atoms with Gasteiger partial charge in [-0.3, -0.25) is 4.79 Å². The molecule has 3 rings (SSSR count). The van der Waals surface area contributed by atoms with E-state index < -0.39 is 0 Å². The molecule has 1 heterocycles. The van der Waals surface area contributed by atoms with Crippen molar-refractivity contribution in [1.29, 1.82) is 0 Å². The standard InChI is InChI=1S/C19H18N4O/c24-18(20-13-10-15-6-2-1-3-7-15)16-8-4-9-17(14-16)23-19-21-11-5-12-22-19/h1-9,11-12,14H,10,13H2,(H,20,24)(H,21,22,23). The molecular formula is C19H18N4O. The molecular weight excluding hydrogens is 300 g/mol. The Morgan fingerprint density at radius 1 is 0.917 bits per heavy atom. The quantitative estimate of drug-likeness (QED) is 0.732. The Morgan fingerprint density at radius 2 is 1.71 bits per heavy atom. The van der Waals surface area contributed by atoms with Crippen molar-refractivity contribution in [3.05, 3.63) is 84.2 Å². The number of rotatable bonds is 6. The van der Waals surface area contributed by atoms with Gasteiger partial charge in [0.2, 0.25) is 5.95 Å². The first kappa shape index (κ1) is 15.7. The van der Waals surface area contributed by atoms with Crippen LogP contribution in [0.4, 0.5) is 11.6 Å². The van der Waals surface area contributed by atoms with Gasteiger partial charge in [0, 0.05) is 30.2 Å². The van der Waals surface area contributed by atoms with Gasteiger partial charge in [-0.25, -0.2) is 9.97 Å². The van der Waals surface area contributed by atoms with Crippen LogP contribution in [0, 0.1) is 0 Å². The summed E-state index contributed by atoms with van der Waals surface area (Å²) in [5.41, 5.74) is 2.58. The highest BCUT2D eigenvalue weighted by Gasteiger charge is 2.06. The lowest BCUT2D eigenvalue weighted by atomic mass is 10.1. The molecule has 3 aromatic rings. The fourth-order valence-corrected chi connectivity index (χ4v) is 2.30. The molecule has 0 aliphatic carbocycles. The molecule has 0 aliphatic rings. The second-order valence-electron chi connectivity index (χ2n) is 5.27. The molecule has 0 saturated carbocycles. The molecule has 0 bridgehead atoms. The normalized spacial score (nSPS) is 10.2. The molecule has 1 aromatic heterocycles. The summed E-state index contributed by atoms with van der Waals surface area (Å²) in [5.74, 6) is 0.405. The molecule has 0 spiro atoms. The van der Waals surface area contributed by atoms with Gasteiger partial charge in [-0.2, -0.15) is 0 Å². The molecule has 120 valence electrons. The van der Waals surface area contributed by atoms with E-state index in [-0.39, 0.29) is 5.91 Å². The topological polar surface area (TPSA) is 66.9 Å². The maximum absolute atomic E-state index is 12.3. The molecule has 0 atom stereocenters. The van der Waals surface area contributed by atoms with E-state index in [1.165, 1.54) is 5.56 Å². The lowest BCUT2D eigenvalue weighted by Crippen LogP contribution is -2.25. The van der Waals surface area contributed by atoms with E-state index in [9.17, 15) is 4.79 Å². The van der Waals surface area contributed by atoms with E-state index >= 15 is 0 Å². The van der Waals surface area contributed by atoms with Crippen molar-refractivity contribution in [3.63, 3.8) is 0 Å². The number of hydrogen-bond donors (Lipinski definition) is 2. The van der Waals surface area contributed by atoms with Crippen molar-refractivity contribution in [1.82, 2.24) is 15.3 Å². The number of benzene rings is 2. The van der Waals surface area contributed by atoms with E-state index in [1.807, 2.05) is 30.3 Å². The van der Waals surface area contributed by atoms with Crippen LogP contribution in [-0.4, -0.2) is 22.4 Å². The Bertz CT molecular complexity index is 791. The average molecular weight is 318 g/mol. The van der Waals surface area contributed by atoms with Gasteiger partial charge in [0.15, 0.2) is 0 Å². The SMILES string of the molecule is O=C(NCCc1ccccc1)c1cccc(Nc2ncccn2)c1. The van der Waals surface area contributed by atoms with Gasteiger partial charge in [0.25, 0.3) is 5.91 Å². The summed E-state index contributed by atoms with van der Waals surface area (Å²) in [6.45, 7) is 0.600. The zero-order chi connectivity index (χ0) is 16.6. The third-order valence-corrected chi connectivity index (χ3v) is 3.49. The van der Waals surface area contributed by atoms with Crippen LogP contribution in [0.5, 0.6) is 0 Å². The highest BCUT2D eigenvalue weighted by atomic mass is 16.1. The van der Waals surface area contributed by atoms with E-state index in [4.69, 9.17) is 0 Å². The van der Waals surface area contributed by atoms with Crippen molar-refractivity contribution >= 4 is 17.5 Å². The highest BCUT2D eigenvalue weighted by Crippen LogP contribution is 2.14. The number of anilines is 2. The van der Waals surface area contributed by atoms with Crippen molar-refractivity contribution in [2.75, 3.05) is 11.9 Å². The van der Waals surface area contributed by atoms with E-state index in [1.54, 1.807) is 30.6 Å². The smallest absolute Gasteiger partial charge is 0.251 e. The molecule has 5 nitrogen and oxygen atoms in total. The number of aromatic nitrogens is 2. The van der Waals surface area contributed by atoms with Crippen LogP contribution in [0.3, 0.4) is 0 Å². The number of carbonyl (C=O) groups is 1. The number of nitrogens with one attached hydrogen (secondary N) is 2. The number of amides is 1. The Morgan fingerprint density at radius 3 is 2.50 bits per heavy atom. The van der Waals surface area contributed by atoms with Gasteiger partial charge in [0.05, 0.1) is 0 Å². The molecule has 0 fully saturated rings. The van der Waals surface area contributed by atoms with Crippen LogP contribution in [-0.2, 0) is 6.42 Å². The monoisotopic (exact) mass is 318 g/mol. The van der Waals surface area contributed by atoms with Crippen LogP contribution in [0.1, 0.15) is 15.9 Å². The van der Waals surface area contributed by atoms with E-state index in [0.717, 1.165) is 12.1 Å². The fraction of sp³-hybridized carbons (Fsp3) is 0.105. The summed E-state index contributed by atoms with van der Waals surface area (Å²) < 4.78 is 0. The van der Waals surface area contributed by atoms with E-state index in [0.29, 0.717) is 18.1 Å². The Labute approximate surface area is 140 Å². The van der Waals surface area contributed by atoms with E-state index in [2.05, 4.69) is 32.7 Å². The fourth-order valence-electron chi connectivity index (χ4n) is 2.30. The molecule has 2 aromatic carbocycles. The summed E-state index contributed by atoms with van der Waals surface area (Å²) in [4.78, 5) is 20.5. The molecule has 5 heteroatoms. The minimum atomic E-state index is -0.0939. The lowest BCUT2D eigenvalue weighted by molar-refractivity contribution is 0.0954. The Hall–Kier alpha value is -3.21. The Kier molecular flexibility index (Phi) is 5.14. The average Bonchev–Trinajstić information content (AvgIpc) is 2.64. The summed E-state index contributed by atoms with van der Waals surface area (Å²) in [5, 5.41) is 6.02. The van der Waals surface area contributed by atoms with Gasteiger partial charge >= 0.3 is 0 Å². The molecule has 0 aliphatic heterocycles. The number of nitrogens with zero attached hydrogens (tertiary/aromatic N) is 2. The van der Waals surface area contributed by atoms with Crippen molar-refractivity contribution in [2.24, 2.45) is 0 Å². The number of hydrogen-bond acceptors (Lipinski definition) is 4. The molecule has 0 radical (unpaired) electrons. The zero-order valence-corrected chi connectivity index (χ0v) is 13.1. The first-order chi connectivity index (χ1) is 11.8. The maximum Gasteiger partial charge on any atom is 0.251 e. The van der Waals surface area contributed by atoms with Gasteiger partial charge in [-0.1, -0.05) is 36.4 Å². The van der Waals surface area contributed by atoms with Crippen molar-refractivity contribution in [3.8, 4) is 0 Å². The first-order valence-electron chi connectivity index (χ1n) is 7.77. The largest absolute Gasteiger partial charge is 0.352 e. The molecule has 1 amide bonds. The highest BCUT2D eigenvalue weighted by molar-refractivity contribution is 5.95. The predicted molar refractivity (Wildman–Crippen MR) is 94.2 cm³/mol. The van der Waals surface area contributed by atoms with Crippen LogP contribution in [0.15, 0.2) is 73.1 Å². The minimum absolute atomic E-state index is 0.0939. The lowest BCUT2D eigenvalue weighted by Gasteiger charge is -2.08. The van der Waals surface area contributed by atoms with Crippen molar-refractivity contribution < 1.29 is 4.79 Å². The van der Waals surface area contributed by atoms with Crippen LogP contribution in [0.2, 0.25) is 0 Å². The van der Waals surface area contributed by atoms with Gasteiger partial charge in [-0.05, 0) is 36.2 Å². The van der Waals surface area contributed by atoms with Gasteiger partial charge in [0.1, 0.15) is 0 Å². The summed E-state index contributed by atoms with van der Waals surface area (Å²) in [6.07, 6.45) is 4.13. The van der Waals surface area contributed by atoms with Crippen LogP contribution < -0.4 is 10.6 Å². The zero-order valence-electron chi connectivity index (χ0n) is 13.1. The summed E-state index contributed by atoms with van der Waals surface area (Å²) in [7, 11) is 0. The van der Waals surface area contributed by atoms with Crippen molar-refractivity contribution in [2.45, 2.75) is 6.42 Å². The summed E-state index contributed by atoms with van der Waals surface area (Å²) >= 11 is 0. The van der Waals surface area contributed by atoms with Crippen LogP contribution >= 0.6 is 0 Å². The number of carbonyl (C=O) groups excluding carboxylic acids is 1. The second-order valence-corrected chi connectivity index (χ2v) is 5.27. The second kappa shape index (κ2) is 7.87. The minimum Gasteiger partial charge on any atom is -0.352 e. The predicted octanol–water partition coefficient (Wildman–Crippen LogP) is 3.19. The molecule has 24 heavy (non-hydrogen) atoms.